The average Bonchev–Trinajstić information content (AvgIpc) is 2.45. The third kappa shape index (κ3) is 1.38. The number of aromatic nitrogens is 2. The SMILES string of the molecule is CCC1(O)CCc2cnc(Br)nc21. The first kappa shape index (κ1) is 9.09. The molecule has 0 aliphatic heterocycles. The molecule has 70 valence electrons. The first-order valence-corrected chi connectivity index (χ1v) is 5.19. The van der Waals surface area contributed by atoms with E-state index >= 15 is 0 Å². The summed E-state index contributed by atoms with van der Waals surface area (Å²) in [5.74, 6) is 0. The van der Waals surface area contributed by atoms with Gasteiger partial charge in [0, 0.05) is 6.20 Å². The smallest absolute Gasteiger partial charge is 0.196 e. The summed E-state index contributed by atoms with van der Waals surface area (Å²) in [7, 11) is 0. The van der Waals surface area contributed by atoms with Crippen LogP contribution < -0.4 is 0 Å². The van der Waals surface area contributed by atoms with Crippen LogP contribution in [0, 0.1) is 0 Å². The highest BCUT2D eigenvalue weighted by molar-refractivity contribution is 9.10. The van der Waals surface area contributed by atoms with Crippen molar-refractivity contribution < 1.29 is 5.11 Å². The van der Waals surface area contributed by atoms with E-state index in [1.165, 1.54) is 0 Å². The summed E-state index contributed by atoms with van der Waals surface area (Å²) in [5.41, 5.74) is 1.16. The summed E-state index contributed by atoms with van der Waals surface area (Å²) in [6.07, 6.45) is 4.15. The molecule has 0 bridgehead atoms. The van der Waals surface area contributed by atoms with E-state index in [4.69, 9.17) is 0 Å². The van der Waals surface area contributed by atoms with Crippen molar-refractivity contribution in [2.75, 3.05) is 0 Å². The Morgan fingerprint density at radius 3 is 3.15 bits per heavy atom. The topological polar surface area (TPSA) is 46.0 Å². The predicted molar refractivity (Wildman–Crippen MR) is 52.2 cm³/mol. The van der Waals surface area contributed by atoms with E-state index in [2.05, 4.69) is 25.9 Å². The van der Waals surface area contributed by atoms with Gasteiger partial charge in [-0.05, 0) is 40.8 Å². The molecule has 1 aromatic heterocycles. The minimum absolute atomic E-state index is 0.556. The maximum atomic E-state index is 10.2. The Kier molecular flexibility index (Phi) is 2.12. The number of halogens is 1. The summed E-state index contributed by atoms with van der Waals surface area (Å²) in [4.78, 5) is 8.28. The van der Waals surface area contributed by atoms with Crippen LogP contribution in [0.4, 0.5) is 0 Å². The van der Waals surface area contributed by atoms with E-state index in [-0.39, 0.29) is 0 Å². The van der Waals surface area contributed by atoms with E-state index < -0.39 is 5.60 Å². The van der Waals surface area contributed by atoms with Crippen LogP contribution in [0.25, 0.3) is 0 Å². The van der Waals surface area contributed by atoms with E-state index in [1.54, 1.807) is 6.20 Å². The molecule has 0 spiro atoms. The largest absolute Gasteiger partial charge is 0.384 e. The molecule has 0 saturated heterocycles. The summed E-state index contributed by atoms with van der Waals surface area (Å²) >= 11 is 3.21. The first-order chi connectivity index (χ1) is 6.15. The number of fused-ring (bicyclic) bond motifs is 1. The molecule has 1 unspecified atom stereocenters. The zero-order chi connectivity index (χ0) is 9.47. The Morgan fingerprint density at radius 1 is 1.69 bits per heavy atom. The molecule has 13 heavy (non-hydrogen) atoms. The zero-order valence-electron chi connectivity index (χ0n) is 7.42. The lowest BCUT2D eigenvalue weighted by atomic mass is 9.98. The van der Waals surface area contributed by atoms with Gasteiger partial charge in [-0.1, -0.05) is 6.92 Å². The first-order valence-electron chi connectivity index (χ1n) is 4.40. The van der Waals surface area contributed by atoms with Crippen LogP contribution in [0.3, 0.4) is 0 Å². The molecule has 2 rings (SSSR count). The highest BCUT2D eigenvalue weighted by Crippen LogP contribution is 2.37. The van der Waals surface area contributed by atoms with Gasteiger partial charge in [-0.15, -0.1) is 0 Å². The fourth-order valence-electron chi connectivity index (χ4n) is 1.78. The average molecular weight is 243 g/mol. The minimum Gasteiger partial charge on any atom is -0.384 e. The molecule has 0 saturated carbocycles. The number of hydrogen-bond donors (Lipinski definition) is 1. The lowest BCUT2D eigenvalue weighted by Crippen LogP contribution is -2.22. The summed E-state index contributed by atoms with van der Waals surface area (Å²) in [6.45, 7) is 1.98. The molecule has 3 nitrogen and oxygen atoms in total. The van der Waals surface area contributed by atoms with Crippen LogP contribution in [-0.4, -0.2) is 15.1 Å². The van der Waals surface area contributed by atoms with Crippen molar-refractivity contribution in [2.24, 2.45) is 0 Å². The summed E-state index contributed by atoms with van der Waals surface area (Å²) < 4.78 is 0.556. The zero-order valence-corrected chi connectivity index (χ0v) is 9.00. The highest BCUT2D eigenvalue weighted by atomic mass is 79.9. The second-order valence-corrected chi connectivity index (χ2v) is 4.11. The van der Waals surface area contributed by atoms with Gasteiger partial charge in [0.1, 0.15) is 5.60 Å². The van der Waals surface area contributed by atoms with Gasteiger partial charge in [0.2, 0.25) is 0 Å². The molecule has 1 aliphatic rings. The lowest BCUT2D eigenvalue weighted by molar-refractivity contribution is 0.0304. The van der Waals surface area contributed by atoms with E-state index in [0.717, 1.165) is 24.1 Å². The number of nitrogens with zero attached hydrogens (tertiary/aromatic N) is 2. The van der Waals surface area contributed by atoms with Gasteiger partial charge < -0.3 is 5.11 Å². The van der Waals surface area contributed by atoms with Gasteiger partial charge in [-0.25, -0.2) is 9.97 Å². The van der Waals surface area contributed by atoms with Crippen molar-refractivity contribution in [1.29, 1.82) is 0 Å². The van der Waals surface area contributed by atoms with Gasteiger partial charge in [0.25, 0.3) is 0 Å². The van der Waals surface area contributed by atoms with Crippen LogP contribution in [0.15, 0.2) is 10.9 Å². The van der Waals surface area contributed by atoms with Crippen LogP contribution in [0.1, 0.15) is 31.0 Å². The Hall–Kier alpha value is -0.480. The second-order valence-electron chi connectivity index (χ2n) is 3.40. The molecule has 1 aliphatic carbocycles. The molecule has 0 radical (unpaired) electrons. The van der Waals surface area contributed by atoms with Gasteiger partial charge in [-0.3, -0.25) is 0 Å². The Bertz CT molecular complexity index is 342. The van der Waals surface area contributed by atoms with Crippen LogP contribution >= 0.6 is 15.9 Å². The van der Waals surface area contributed by atoms with Crippen molar-refractivity contribution in [2.45, 2.75) is 31.8 Å². The van der Waals surface area contributed by atoms with E-state index in [0.29, 0.717) is 11.2 Å². The molecule has 1 aromatic rings. The molecule has 0 aromatic carbocycles. The van der Waals surface area contributed by atoms with Gasteiger partial charge in [0.05, 0.1) is 5.69 Å². The molecular formula is C9H11BrN2O. The van der Waals surface area contributed by atoms with E-state index in [9.17, 15) is 5.11 Å². The number of hydrogen-bond acceptors (Lipinski definition) is 3. The molecule has 1 atom stereocenters. The second kappa shape index (κ2) is 3.03. The highest BCUT2D eigenvalue weighted by Gasteiger charge is 2.36. The molecule has 4 heteroatoms. The number of aryl methyl sites for hydroxylation is 1. The molecule has 1 heterocycles. The van der Waals surface area contributed by atoms with Gasteiger partial charge in [0.15, 0.2) is 4.73 Å². The monoisotopic (exact) mass is 242 g/mol. The Balaban J connectivity index is 2.52. The maximum Gasteiger partial charge on any atom is 0.196 e. The van der Waals surface area contributed by atoms with Crippen LogP contribution in [0.2, 0.25) is 0 Å². The fourth-order valence-corrected chi connectivity index (χ4v) is 2.05. The fraction of sp³-hybridized carbons (Fsp3) is 0.556. The normalized spacial score (nSPS) is 26.1. The lowest BCUT2D eigenvalue weighted by Gasteiger charge is -2.20. The minimum atomic E-state index is -0.721. The number of rotatable bonds is 1. The third-order valence-corrected chi connectivity index (χ3v) is 3.05. The Labute approximate surface area is 85.4 Å². The third-order valence-electron chi connectivity index (χ3n) is 2.67. The molecule has 1 N–H and O–H groups in total. The summed E-state index contributed by atoms with van der Waals surface area (Å²) in [5, 5.41) is 10.2. The molecule has 0 amide bonds. The predicted octanol–water partition coefficient (Wildman–Crippen LogP) is 1.78. The quantitative estimate of drug-likeness (QED) is 0.765. The standard InChI is InChI=1S/C9H11BrN2O/c1-2-9(13)4-3-6-5-11-8(10)12-7(6)9/h5,13H,2-4H2,1H3. The van der Waals surface area contributed by atoms with Crippen molar-refractivity contribution in [3.63, 3.8) is 0 Å². The van der Waals surface area contributed by atoms with Crippen LogP contribution in [0.5, 0.6) is 0 Å². The molecule has 0 fully saturated rings. The maximum absolute atomic E-state index is 10.2. The van der Waals surface area contributed by atoms with Gasteiger partial charge >= 0.3 is 0 Å². The van der Waals surface area contributed by atoms with Crippen molar-refractivity contribution in [3.8, 4) is 0 Å². The van der Waals surface area contributed by atoms with Crippen molar-refractivity contribution in [1.82, 2.24) is 9.97 Å². The summed E-state index contributed by atoms with van der Waals surface area (Å²) in [6, 6.07) is 0. The Morgan fingerprint density at radius 2 is 2.46 bits per heavy atom. The molecular weight excluding hydrogens is 232 g/mol. The van der Waals surface area contributed by atoms with E-state index in [1.807, 2.05) is 6.92 Å². The van der Waals surface area contributed by atoms with Crippen LogP contribution in [-0.2, 0) is 12.0 Å². The van der Waals surface area contributed by atoms with Gasteiger partial charge in [-0.2, -0.15) is 0 Å². The number of aliphatic hydroxyl groups is 1. The van der Waals surface area contributed by atoms with Crippen molar-refractivity contribution in [3.05, 3.63) is 22.2 Å². The van der Waals surface area contributed by atoms with Crippen molar-refractivity contribution >= 4 is 15.9 Å².